The molecule has 3 saturated heterocycles. The SMILES string of the molecule is O=c1c(N(Cc2ccc(C3=NNC(C(F)F)O3)cc2F)c2ccccc2)c(N2CC3CC2CN3C2CSC2)c1=O. The van der Waals surface area contributed by atoms with Crippen molar-refractivity contribution in [3.8, 4) is 0 Å². The van der Waals surface area contributed by atoms with Crippen molar-refractivity contribution >= 4 is 34.7 Å². The fourth-order valence-corrected chi connectivity index (χ4v) is 6.97. The number of thioether (sulfide) groups is 1. The summed E-state index contributed by atoms with van der Waals surface area (Å²) in [4.78, 5) is 32.4. The number of likely N-dealkylation sites (tertiary alicyclic amines) is 1. The number of piperazine rings is 1. The number of fused-ring (bicyclic) bond motifs is 2. The summed E-state index contributed by atoms with van der Waals surface area (Å²) in [5, 5.41) is 3.74. The monoisotopic (exact) mass is 569 g/mol. The second-order valence-corrected chi connectivity index (χ2v) is 11.7. The first-order valence-corrected chi connectivity index (χ1v) is 14.4. The number of para-hydroxylation sites is 1. The van der Waals surface area contributed by atoms with Crippen molar-refractivity contribution < 1.29 is 17.9 Å². The maximum Gasteiger partial charge on any atom is 0.294 e. The molecule has 0 amide bonds. The standard InChI is InChI=1S/C28H26F3N5O3S/c29-21-8-15(27-32-33-28(39-27)26(30)31)6-7-16(21)10-35(17-4-2-1-3-5-17)22-23(25(38)24(22)37)36-12-18-9-19(36)11-34(18)20-13-40-14-20/h1-8,18-20,26,28,33H,9-14H2. The van der Waals surface area contributed by atoms with Crippen LogP contribution in [0.1, 0.15) is 17.5 Å². The van der Waals surface area contributed by atoms with Gasteiger partial charge in [-0.15, -0.1) is 5.10 Å². The predicted octanol–water partition coefficient (Wildman–Crippen LogP) is 3.01. The van der Waals surface area contributed by atoms with Gasteiger partial charge in [0.1, 0.15) is 17.2 Å². The molecule has 3 unspecified atom stereocenters. The zero-order chi connectivity index (χ0) is 27.5. The number of hydrogen-bond donors (Lipinski definition) is 1. The molecule has 3 aromatic rings. The normalized spacial score (nSPS) is 24.4. The van der Waals surface area contributed by atoms with Crippen molar-refractivity contribution in [2.45, 2.75) is 43.7 Å². The van der Waals surface area contributed by atoms with Crippen molar-refractivity contribution in [3.05, 3.63) is 85.9 Å². The van der Waals surface area contributed by atoms with E-state index in [9.17, 15) is 18.4 Å². The minimum atomic E-state index is -2.79. The Morgan fingerprint density at radius 1 is 1.05 bits per heavy atom. The average molecular weight is 570 g/mol. The number of anilines is 3. The minimum absolute atomic E-state index is 0.00736. The number of rotatable bonds is 8. The quantitative estimate of drug-likeness (QED) is 0.415. The molecule has 0 aromatic heterocycles. The van der Waals surface area contributed by atoms with E-state index in [-0.39, 0.29) is 35.3 Å². The molecule has 0 radical (unpaired) electrons. The lowest BCUT2D eigenvalue weighted by Gasteiger charge is -2.43. The van der Waals surface area contributed by atoms with Crippen LogP contribution in [-0.4, -0.2) is 66.2 Å². The molecule has 0 spiro atoms. The summed E-state index contributed by atoms with van der Waals surface area (Å²) >= 11 is 1.95. The van der Waals surface area contributed by atoms with Crippen molar-refractivity contribution in [2.24, 2.45) is 5.10 Å². The van der Waals surface area contributed by atoms with Gasteiger partial charge < -0.3 is 14.5 Å². The van der Waals surface area contributed by atoms with E-state index in [2.05, 4.69) is 20.3 Å². The Bertz CT molecular complexity index is 1540. The van der Waals surface area contributed by atoms with E-state index in [0.29, 0.717) is 30.0 Å². The van der Waals surface area contributed by atoms with Gasteiger partial charge in [0.05, 0.1) is 6.54 Å². The van der Waals surface area contributed by atoms with Crippen LogP contribution in [0.5, 0.6) is 0 Å². The molecule has 4 heterocycles. The van der Waals surface area contributed by atoms with Crippen LogP contribution in [0.4, 0.5) is 30.2 Å². The highest BCUT2D eigenvalue weighted by molar-refractivity contribution is 8.00. The topological polar surface area (TPSA) is 77.5 Å². The number of hydrazone groups is 1. The van der Waals surface area contributed by atoms with Gasteiger partial charge >= 0.3 is 0 Å². The Morgan fingerprint density at radius 2 is 1.85 bits per heavy atom. The van der Waals surface area contributed by atoms with E-state index >= 15 is 4.39 Å². The average Bonchev–Trinajstić information content (AvgIpc) is 3.67. The first kappa shape index (κ1) is 25.5. The summed E-state index contributed by atoms with van der Waals surface area (Å²) in [6.07, 6.45) is -3.41. The van der Waals surface area contributed by atoms with Crippen LogP contribution in [0, 0.1) is 5.82 Å². The van der Waals surface area contributed by atoms with Crippen LogP contribution in [-0.2, 0) is 11.3 Å². The number of nitrogens with zero attached hydrogens (tertiary/aromatic N) is 4. The molecule has 7 rings (SSSR count). The third kappa shape index (κ3) is 4.15. The summed E-state index contributed by atoms with van der Waals surface area (Å²) in [5.41, 5.74) is 2.94. The lowest BCUT2D eigenvalue weighted by Crippen LogP contribution is -2.56. The zero-order valence-corrected chi connectivity index (χ0v) is 22.1. The molecule has 3 fully saturated rings. The predicted molar refractivity (Wildman–Crippen MR) is 148 cm³/mol. The molecule has 4 aliphatic rings. The highest BCUT2D eigenvalue weighted by Crippen LogP contribution is 2.42. The molecule has 2 bridgehead atoms. The number of halogens is 3. The van der Waals surface area contributed by atoms with Crippen LogP contribution in [0.15, 0.2) is 63.2 Å². The van der Waals surface area contributed by atoms with Gasteiger partial charge in [-0.25, -0.2) is 13.2 Å². The van der Waals surface area contributed by atoms with Gasteiger partial charge in [-0.2, -0.15) is 11.8 Å². The third-order valence-corrected chi connectivity index (χ3v) is 9.49. The van der Waals surface area contributed by atoms with E-state index in [1.807, 2.05) is 42.1 Å². The van der Waals surface area contributed by atoms with Gasteiger partial charge in [0.25, 0.3) is 17.3 Å². The Kier molecular flexibility index (Phi) is 6.26. The van der Waals surface area contributed by atoms with E-state index in [1.165, 1.54) is 18.2 Å². The lowest BCUT2D eigenvalue weighted by molar-refractivity contribution is 0.000583. The molecule has 8 nitrogen and oxygen atoms in total. The summed E-state index contributed by atoms with van der Waals surface area (Å²) in [6, 6.07) is 14.5. The van der Waals surface area contributed by atoms with E-state index in [0.717, 1.165) is 24.5 Å². The third-order valence-electron chi connectivity index (χ3n) is 8.25. The number of ether oxygens (including phenoxy) is 1. The van der Waals surface area contributed by atoms with Gasteiger partial charge in [0, 0.05) is 59.5 Å². The first-order valence-electron chi connectivity index (χ1n) is 13.2. The second-order valence-electron chi connectivity index (χ2n) is 10.6. The summed E-state index contributed by atoms with van der Waals surface area (Å²) in [6.45, 7) is 1.57. The molecule has 40 heavy (non-hydrogen) atoms. The molecule has 208 valence electrons. The summed E-state index contributed by atoms with van der Waals surface area (Å²) < 4.78 is 46.3. The minimum Gasteiger partial charge on any atom is -0.445 e. The first-order chi connectivity index (χ1) is 19.4. The van der Waals surface area contributed by atoms with Crippen LogP contribution in [0.25, 0.3) is 0 Å². The second kappa shape index (κ2) is 9.84. The fraction of sp³-hybridized carbons (Fsp3) is 0.393. The molecule has 3 atom stereocenters. The fourth-order valence-electron chi connectivity index (χ4n) is 6.14. The molecule has 0 saturated carbocycles. The van der Waals surface area contributed by atoms with Crippen molar-refractivity contribution in [3.63, 3.8) is 0 Å². The maximum absolute atomic E-state index is 15.4. The molecular weight excluding hydrogens is 543 g/mol. The zero-order valence-electron chi connectivity index (χ0n) is 21.3. The van der Waals surface area contributed by atoms with E-state index in [4.69, 9.17) is 4.74 Å². The number of benzene rings is 2. The molecule has 1 N–H and O–H groups in total. The van der Waals surface area contributed by atoms with Gasteiger partial charge in [0.2, 0.25) is 12.1 Å². The van der Waals surface area contributed by atoms with Crippen molar-refractivity contribution in [1.82, 2.24) is 10.3 Å². The molecule has 4 aliphatic heterocycles. The Morgan fingerprint density at radius 3 is 2.48 bits per heavy atom. The molecule has 12 heteroatoms. The molecule has 0 aliphatic carbocycles. The lowest BCUT2D eigenvalue weighted by atomic mass is 10.1. The van der Waals surface area contributed by atoms with E-state index < -0.39 is 29.3 Å². The summed E-state index contributed by atoms with van der Waals surface area (Å²) in [7, 11) is 0. The Balaban J connectivity index is 1.18. The van der Waals surface area contributed by atoms with Crippen LogP contribution in [0.2, 0.25) is 0 Å². The highest BCUT2D eigenvalue weighted by atomic mass is 32.2. The van der Waals surface area contributed by atoms with Crippen LogP contribution in [0.3, 0.4) is 0 Å². The molecular formula is C28H26F3N5O3S. The highest BCUT2D eigenvalue weighted by Gasteiger charge is 2.49. The van der Waals surface area contributed by atoms with Gasteiger partial charge in [-0.1, -0.05) is 24.3 Å². The number of hydrogen-bond acceptors (Lipinski definition) is 9. The summed E-state index contributed by atoms with van der Waals surface area (Å²) in [5.74, 6) is 1.55. The van der Waals surface area contributed by atoms with E-state index in [1.54, 1.807) is 4.90 Å². The van der Waals surface area contributed by atoms with Gasteiger partial charge in [-0.05, 0) is 30.7 Å². The van der Waals surface area contributed by atoms with Crippen molar-refractivity contribution in [1.29, 1.82) is 0 Å². The maximum atomic E-state index is 15.4. The van der Waals surface area contributed by atoms with Crippen LogP contribution >= 0.6 is 11.8 Å². The molecule has 3 aromatic carbocycles. The van der Waals surface area contributed by atoms with Crippen LogP contribution < -0.4 is 26.1 Å². The van der Waals surface area contributed by atoms with Crippen molar-refractivity contribution in [2.75, 3.05) is 34.4 Å². The Labute approximate surface area is 232 Å². The number of alkyl halides is 2. The Hall–Kier alpha value is -3.51. The van der Waals surface area contributed by atoms with Gasteiger partial charge in [-0.3, -0.25) is 19.9 Å². The van der Waals surface area contributed by atoms with Gasteiger partial charge in [0.15, 0.2) is 0 Å². The largest absolute Gasteiger partial charge is 0.445 e. The smallest absolute Gasteiger partial charge is 0.294 e. The number of nitrogens with one attached hydrogen (secondary N) is 1.